The van der Waals surface area contributed by atoms with Gasteiger partial charge in [0.2, 0.25) is 0 Å². The number of aromatic nitrogens is 2. The van der Waals surface area contributed by atoms with Crippen molar-refractivity contribution < 1.29 is 4.79 Å². The number of hydrogen-bond donors (Lipinski definition) is 3. The molecule has 4 rings (SSSR count). The third-order valence-corrected chi connectivity index (χ3v) is 5.94. The number of hydrogen-bond acceptors (Lipinski definition) is 5. The molecule has 2 aromatic heterocycles. The van der Waals surface area contributed by atoms with Gasteiger partial charge in [0.15, 0.2) is 0 Å². The molecule has 1 amide bonds. The molecule has 0 unspecified atom stereocenters. The van der Waals surface area contributed by atoms with Crippen molar-refractivity contribution in [3.8, 4) is 0 Å². The molecule has 6 nitrogen and oxygen atoms in total. The Morgan fingerprint density at radius 3 is 3.08 bits per heavy atom. The standard InChI is InChI=1S/C18H23N5OS.ClH/c1-11-9-21-17-16(11)14(4-5-20-17)23-6-7-25-15(10-23)18(24)22-13-3-2-12(19)8-13;/h4-5,9-10,12-13H,2-3,6-8,19H2,1H3,(H,20,21)(H,22,24);1H/t12-,13-;/m0./s1. The molecule has 2 aliphatic rings. The Labute approximate surface area is 163 Å². The molecule has 1 saturated carbocycles. The summed E-state index contributed by atoms with van der Waals surface area (Å²) in [7, 11) is 0. The van der Waals surface area contributed by atoms with Gasteiger partial charge in [-0.3, -0.25) is 4.79 Å². The van der Waals surface area contributed by atoms with Crippen LogP contribution in [0, 0.1) is 6.92 Å². The van der Waals surface area contributed by atoms with Crippen LogP contribution < -0.4 is 16.0 Å². The first-order valence-electron chi connectivity index (χ1n) is 8.72. The molecule has 0 aromatic carbocycles. The van der Waals surface area contributed by atoms with Crippen molar-refractivity contribution in [3.63, 3.8) is 0 Å². The van der Waals surface area contributed by atoms with Crippen molar-refractivity contribution in [3.05, 3.63) is 35.1 Å². The van der Waals surface area contributed by atoms with Crippen molar-refractivity contribution in [2.45, 2.75) is 38.3 Å². The summed E-state index contributed by atoms with van der Waals surface area (Å²) in [6, 6.07) is 2.44. The summed E-state index contributed by atoms with van der Waals surface area (Å²) >= 11 is 1.62. The second-order valence-electron chi connectivity index (χ2n) is 6.80. The first-order chi connectivity index (χ1) is 12.1. The molecular formula is C18H24ClN5OS. The molecule has 0 radical (unpaired) electrons. The number of nitrogens with zero attached hydrogens (tertiary/aromatic N) is 2. The number of carbonyl (C=O) groups excluding carboxylic acids is 1. The average molecular weight is 394 g/mol. The Balaban J connectivity index is 0.00000196. The van der Waals surface area contributed by atoms with Crippen LogP contribution in [0.4, 0.5) is 5.69 Å². The predicted molar refractivity (Wildman–Crippen MR) is 110 cm³/mol. The maximum absolute atomic E-state index is 12.6. The van der Waals surface area contributed by atoms with E-state index in [2.05, 4.69) is 27.1 Å². The molecule has 1 aliphatic heterocycles. The maximum Gasteiger partial charge on any atom is 0.259 e. The van der Waals surface area contributed by atoms with E-state index in [1.54, 1.807) is 11.8 Å². The quantitative estimate of drug-likeness (QED) is 0.746. The second kappa shape index (κ2) is 7.90. The molecule has 2 atom stereocenters. The van der Waals surface area contributed by atoms with Crippen LogP contribution in [0.5, 0.6) is 0 Å². The molecule has 0 bridgehead atoms. The van der Waals surface area contributed by atoms with Crippen molar-refractivity contribution in [1.82, 2.24) is 15.3 Å². The molecule has 26 heavy (non-hydrogen) atoms. The number of amides is 1. The minimum atomic E-state index is 0. The number of nitrogens with two attached hydrogens (primary N) is 1. The third-order valence-electron chi connectivity index (χ3n) is 4.95. The number of thioether (sulfide) groups is 1. The van der Waals surface area contributed by atoms with Crippen LogP contribution in [-0.4, -0.2) is 40.3 Å². The second-order valence-corrected chi connectivity index (χ2v) is 7.94. The third kappa shape index (κ3) is 3.70. The fourth-order valence-corrected chi connectivity index (χ4v) is 4.55. The van der Waals surface area contributed by atoms with Crippen molar-refractivity contribution in [2.24, 2.45) is 5.73 Å². The molecular weight excluding hydrogens is 370 g/mol. The molecule has 4 N–H and O–H groups in total. The Hall–Kier alpha value is -1.70. The van der Waals surface area contributed by atoms with E-state index in [4.69, 9.17) is 5.73 Å². The summed E-state index contributed by atoms with van der Waals surface area (Å²) in [6.07, 6.45) is 8.59. The van der Waals surface area contributed by atoms with Crippen LogP contribution in [0.3, 0.4) is 0 Å². The zero-order valence-corrected chi connectivity index (χ0v) is 16.3. The van der Waals surface area contributed by atoms with Gasteiger partial charge in [-0.05, 0) is 37.8 Å². The van der Waals surface area contributed by atoms with E-state index in [0.717, 1.165) is 58.7 Å². The summed E-state index contributed by atoms with van der Waals surface area (Å²) in [5.74, 6) is 0.904. The Kier molecular flexibility index (Phi) is 5.79. The topological polar surface area (TPSA) is 87.0 Å². The number of carbonyl (C=O) groups is 1. The molecule has 0 saturated heterocycles. The highest BCUT2D eigenvalue weighted by molar-refractivity contribution is 8.04. The van der Waals surface area contributed by atoms with E-state index >= 15 is 0 Å². The SMILES string of the molecule is Cc1c[nH]c2nccc(N3C=C(C(=O)N[C@H]4CC[C@H](N)C4)SCC3)c12.Cl. The van der Waals surface area contributed by atoms with Gasteiger partial charge in [0.25, 0.3) is 5.91 Å². The maximum atomic E-state index is 12.6. The van der Waals surface area contributed by atoms with Gasteiger partial charge in [-0.25, -0.2) is 4.98 Å². The fourth-order valence-electron chi connectivity index (χ4n) is 3.65. The van der Waals surface area contributed by atoms with Gasteiger partial charge < -0.3 is 20.9 Å². The van der Waals surface area contributed by atoms with Gasteiger partial charge in [0, 0.05) is 48.4 Å². The lowest BCUT2D eigenvalue weighted by Crippen LogP contribution is -2.36. The summed E-state index contributed by atoms with van der Waals surface area (Å²) in [5.41, 5.74) is 9.09. The number of halogens is 1. The Morgan fingerprint density at radius 1 is 1.46 bits per heavy atom. The number of pyridine rings is 1. The van der Waals surface area contributed by atoms with Crippen molar-refractivity contribution >= 4 is 46.8 Å². The minimum absolute atomic E-state index is 0. The number of H-pyrrole nitrogens is 1. The lowest BCUT2D eigenvalue weighted by molar-refractivity contribution is -0.117. The number of nitrogens with one attached hydrogen (secondary N) is 2. The summed E-state index contributed by atoms with van der Waals surface area (Å²) in [4.78, 5) is 23.2. The Morgan fingerprint density at radius 2 is 2.31 bits per heavy atom. The first-order valence-corrected chi connectivity index (χ1v) is 9.71. The smallest absolute Gasteiger partial charge is 0.259 e. The number of aryl methyl sites for hydroxylation is 1. The monoisotopic (exact) mass is 393 g/mol. The number of anilines is 1. The van der Waals surface area contributed by atoms with E-state index in [1.165, 1.54) is 0 Å². The number of fused-ring (bicyclic) bond motifs is 1. The van der Waals surface area contributed by atoms with E-state index in [1.807, 2.05) is 24.7 Å². The minimum Gasteiger partial charge on any atom is -0.349 e. The normalized spacial score (nSPS) is 22.8. The molecule has 140 valence electrons. The lowest BCUT2D eigenvalue weighted by Gasteiger charge is -2.27. The molecule has 0 spiro atoms. The summed E-state index contributed by atoms with van der Waals surface area (Å²) in [6.45, 7) is 2.95. The fraction of sp³-hybridized carbons (Fsp3) is 0.444. The molecule has 8 heteroatoms. The van der Waals surface area contributed by atoms with Crippen LogP contribution >= 0.6 is 24.2 Å². The van der Waals surface area contributed by atoms with Crippen LogP contribution in [0.1, 0.15) is 24.8 Å². The highest BCUT2D eigenvalue weighted by atomic mass is 35.5. The van der Waals surface area contributed by atoms with Gasteiger partial charge in [0.1, 0.15) is 5.65 Å². The lowest BCUT2D eigenvalue weighted by atomic mass is 10.2. The van der Waals surface area contributed by atoms with E-state index in [9.17, 15) is 4.79 Å². The van der Waals surface area contributed by atoms with Crippen LogP contribution in [0.15, 0.2) is 29.6 Å². The van der Waals surface area contributed by atoms with Gasteiger partial charge in [-0.15, -0.1) is 24.2 Å². The van der Waals surface area contributed by atoms with Crippen LogP contribution in [0.25, 0.3) is 11.0 Å². The zero-order chi connectivity index (χ0) is 17.4. The molecule has 3 heterocycles. The van der Waals surface area contributed by atoms with Gasteiger partial charge >= 0.3 is 0 Å². The van der Waals surface area contributed by atoms with Crippen LogP contribution in [-0.2, 0) is 4.79 Å². The molecule has 2 aromatic rings. The van der Waals surface area contributed by atoms with Crippen LogP contribution in [0.2, 0.25) is 0 Å². The van der Waals surface area contributed by atoms with E-state index in [0.29, 0.717) is 0 Å². The van der Waals surface area contributed by atoms with Gasteiger partial charge in [-0.2, -0.15) is 0 Å². The van der Waals surface area contributed by atoms with Crippen molar-refractivity contribution in [2.75, 3.05) is 17.2 Å². The summed E-state index contributed by atoms with van der Waals surface area (Å²) < 4.78 is 0. The molecule has 1 aliphatic carbocycles. The van der Waals surface area contributed by atoms with Gasteiger partial charge in [0.05, 0.1) is 10.6 Å². The number of aromatic amines is 1. The van der Waals surface area contributed by atoms with E-state index < -0.39 is 0 Å². The largest absolute Gasteiger partial charge is 0.349 e. The Bertz CT molecular complexity index is 836. The highest BCUT2D eigenvalue weighted by Crippen LogP contribution is 2.32. The number of rotatable bonds is 3. The van der Waals surface area contributed by atoms with E-state index in [-0.39, 0.29) is 30.4 Å². The average Bonchev–Trinajstić information content (AvgIpc) is 3.21. The molecule has 1 fully saturated rings. The highest BCUT2D eigenvalue weighted by Gasteiger charge is 2.26. The van der Waals surface area contributed by atoms with Crippen molar-refractivity contribution in [1.29, 1.82) is 0 Å². The zero-order valence-electron chi connectivity index (χ0n) is 14.7. The first kappa shape index (κ1) is 19.1. The predicted octanol–water partition coefficient (Wildman–Crippen LogP) is 2.68. The van der Waals surface area contributed by atoms with Gasteiger partial charge in [-0.1, -0.05) is 0 Å². The summed E-state index contributed by atoms with van der Waals surface area (Å²) in [5, 5.41) is 4.26.